The zero-order chi connectivity index (χ0) is 29.4. The summed E-state index contributed by atoms with van der Waals surface area (Å²) in [5.41, 5.74) is 8.33. The van der Waals surface area contributed by atoms with Crippen LogP contribution >= 0.6 is 11.3 Å². The van der Waals surface area contributed by atoms with Gasteiger partial charge in [-0.25, -0.2) is 9.37 Å². The second kappa shape index (κ2) is 9.78. The maximum Gasteiger partial charge on any atom is 0.132 e. The Labute approximate surface area is 254 Å². The molecule has 0 aliphatic carbocycles. The Bertz CT molecular complexity index is 2190. The van der Waals surface area contributed by atoms with Crippen LogP contribution in [0.25, 0.3) is 42.0 Å². The molecule has 0 saturated carbocycles. The van der Waals surface area contributed by atoms with Gasteiger partial charge in [-0.2, -0.15) is 0 Å². The molecule has 0 saturated heterocycles. The van der Waals surface area contributed by atoms with Gasteiger partial charge in [0.05, 0.1) is 22.6 Å². The number of anilines is 3. The average Bonchev–Trinajstić information content (AvgIpc) is 3.55. The third-order valence-electron chi connectivity index (χ3n) is 8.83. The normalized spacial score (nSPS) is 15.0. The highest BCUT2D eigenvalue weighted by Crippen LogP contribution is 2.53. The smallest absolute Gasteiger partial charge is 0.132 e. The third kappa shape index (κ3) is 4.09. The van der Waals surface area contributed by atoms with Gasteiger partial charge >= 0.3 is 0 Å². The van der Waals surface area contributed by atoms with Crippen molar-refractivity contribution in [3.8, 4) is 0 Å². The predicted molar refractivity (Wildman–Crippen MR) is 182 cm³/mol. The van der Waals surface area contributed by atoms with E-state index in [0.29, 0.717) is 11.8 Å². The highest BCUT2D eigenvalue weighted by atomic mass is 32.1. The van der Waals surface area contributed by atoms with Gasteiger partial charge in [-0.15, -0.1) is 11.3 Å². The van der Waals surface area contributed by atoms with Crippen LogP contribution in [0.3, 0.4) is 0 Å². The molecule has 1 atom stereocenters. The number of halogens is 1. The first kappa shape index (κ1) is 26.2. The fourth-order valence-corrected chi connectivity index (χ4v) is 7.95. The van der Waals surface area contributed by atoms with Crippen molar-refractivity contribution in [3.05, 3.63) is 120 Å². The number of fused-ring (bicyclic) bond motifs is 6. The van der Waals surface area contributed by atoms with Gasteiger partial charge in [0, 0.05) is 26.4 Å². The summed E-state index contributed by atoms with van der Waals surface area (Å²) in [5.74, 6) is 0.474. The lowest BCUT2D eigenvalue weighted by atomic mass is 9.91. The Morgan fingerprint density at radius 1 is 0.744 bits per heavy atom. The largest absolute Gasteiger partial charge is 0.359 e. The summed E-state index contributed by atoms with van der Waals surface area (Å²) >= 11 is 1.72. The number of benzene rings is 5. The number of thiophene rings is 1. The number of pyridine rings is 1. The topological polar surface area (TPSA) is 28.2 Å². The molecular formula is C38H32FN3S. The molecule has 1 aliphatic heterocycles. The number of para-hydroxylation sites is 1. The molecule has 0 fully saturated rings. The summed E-state index contributed by atoms with van der Waals surface area (Å²) in [7, 11) is 0. The Balaban J connectivity index is 1.41. The SMILES string of the molecule is CC(C)c1cccc(C(C)C)c1N1c2cc3ccccc3cc2NC1c1cccc2c1sc1nc3ccc(F)cc3cc12. The van der Waals surface area contributed by atoms with Crippen LogP contribution in [-0.4, -0.2) is 4.98 Å². The zero-order valence-corrected chi connectivity index (χ0v) is 25.5. The number of rotatable bonds is 4. The van der Waals surface area contributed by atoms with E-state index < -0.39 is 0 Å². The predicted octanol–water partition coefficient (Wildman–Crippen LogP) is 11.4. The molecule has 3 heterocycles. The molecule has 8 rings (SSSR count). The van der Waals surface area contributed by atoms with Crippen LogP contribution in [0.4, 0.5) is 21.5 Å². The summed E-state index contributed by atoms with van der Waals surface area (Å²) in [6.07, 6.45) is -0.118. The number of hydrogen-bond acceptors (Lipinski definition) is 4. The monoisotopic (exact) mass is 581 g/mol. The highest BCUT2D eigenvalue weighted by Gasteiger charge is 2.36. The van der Waals surface area contributed by atoms with Gasteiger partial charge < -0.3 is 10.2 Å². The highest BCUT2D eigenvalue weighted by molar-refractivity contribution is 7.25. The molecule has 1 aliphatic rings. The molecule has 212 valence electrons. The van der Waals surface area contributed by atoms with E-state index in [1.54, 1.807) is 23.5 Å². The van der Waals surface area contributed by atoms with Crippen molar-refractivity contribution in [2.75, 3.05) is 10.2 Å². The third-order valence-corrected chi connectivity index (χ3v) is 9.99. The molecule has 0 radical (unpaired) electrons. The van der Waals surface area contributed by atoms with Crippen LogP contribution in [0.5, 0.6) is 0 Å². The van der Waals surface area contributed by atoms with E-state index >= 15 is 0 Å². The van der Waals surface area contributed by atoms with E-state index in [1.165, 1.54) is 49.6 Å². The van der Waals surface area contributed by atoms with E-state index in [2.05, 4.69) is 117 Å². The lowest BCUT2D eigenvalue weighted by molar-refractivity contribution is 0.629. The second-order valence-electron chi connectivity index (χ2n) is 12.2. The molecule has 2 aromatic heterocycles. The van der Waals surface area contributed by atoms with Gasteiger partial charge in [-0.1, -0.05) is 88.4 Å². The standard InChI is InChI=1S/C38H32FN3S/c1-21(2)27-11-7-12-28(22(3)4)35(27)42-34-20-24-10-6-5-9-23(24)19-33(34)40-37(42)30-14-8-13-29-31-18-25-17-26(39)15-16-32(25)41-38(31)43-36(29)30/h5-22,37,40H,1-4H3. The molecular weight excluding hydrogens is 550 g/mol. The minimum atomic E-state index is -0.241. The lowest BCUT2D eigenvalue weighted by Crippen LogP contribution is -2.26. The average molecular weight is 582 g/mol. The van der Waals surface area contributed by atoms with Gasteiger partial charge in [-0.3, -0.25) is 0 Å². The van der Waals surface area contributed by atoms with E-state index in [-0.39, 0.29) is 12.0 Å². The molecule has 0 amide bonds. The molecule has 0 spiro atoms. The first-order chi connectivity index (χ1) is 20.9. The van der Waals surface area contributed by atoms with E-state index in [0.717, 1.165) is 32.2 Å². The summed E-state index contributed by atoms with van der Waals surface area (Å²) in [5, 5.41) is 9.46. The van der Waals surface area contributed by atoms with Gasteiger partial charge in [-0.05, 0) is 70.1 Å². The van der Waals surface area contributed by atoms with Crippen molar-refractivity contribution in [3.63, 3.8) is 0 Å². The Hall–Kier alpha value is -4.48. The number of nitrogens with one attached hydrogen (secondary N) is 1. The molecule has 7 aromatic rings. The Kier molecular flexibility index (Phi) is 5.95. The minimum absolute atomic E-state index is 0.118. The van der Waals surface area contributed by atoms with Crippen LogP contribution in [0.1, 0.15) is 62.4 Å². The summed E-state index contributed by atoms with van der Waals surface area (Å²) < 4.78 is 15.3. The lowest BCUT2D eigenvalue weighted by Gasteiger charge is -2.33. The quantitative estimate of drug-likeness (QED) is 0.224. The van der Waals surface area contributed by atoms with Gasteiger partial charge in [0.1, 0.15) is 16.8 Å². The molecule has 1 N–H and O–H groups in total. The van der Waals surface area contributed by atoms with E-state index in [4.69, 9.17) is 4.98 Å². The Morgan fingerprint density at radius 2 is 1.47 bits per heavy atom. The van der Waals surface area contributed by atoms with Gasteiger partial charge in [0.15, 0.2) is 0 Å². The van der Waals surface area contributed by atoms with E-state index in [1.807, 2.05) is 0 Å². The van der Waals surface area contributed by atoms with Crippen LogP contribution < -0.4 is 10.2 Å². The van der Waals surface area contributed by atoms with Crippen molar-refractivity contribution in [1.82, 2.24) is 4.98 Å². The molecule has 1 unspecified atom stereocenters. The van der Waals surface area contributed by atoms with Gasteiger partial charge in [0.2, 0.25) is 0 Å². The second-order valence-corrected chi connectivity index (χ2v) is 13.2. The van der Waals surface area contributed by atoms with Crippen molar-refractivity contribution in [2.45, 2.75) is 45.7 Å². The fraction of sp³-hybridized carbons (Fsp3) is 0.184. The van der Waals surface area contributed by atoms with Crippen LogP contribution in [0.2, 0.25) is 0 Å². The molecule has 3 nitrogen and oxygen atoms in total. The molecule has 5 aromatic carbocycles. The first-order valence-corrected chi connectivity index (χ1v) is 15.8. The minimum Gasteiger partial charge on any atom is -0.359 e. The maximum atomic E-state index is 14.1. The summed E-state index contributed by atoms with van der Waals surface area (Å²) in [6.45, 7) is 9.15. The number of nitrogens with zero attached hydrogens (tertiary/aromatic N) is 2. The van der Waals surface area contributed by atoms with Crippen molar-refractivity contribution >= 4 is 70.4 Å². The van der Waals surface area contributed by atoms with Crippen molar-refractivity contribution in [1.29, 1.82) is 0 Å². The van der Waals surface area contributed by atoms with Crippen LogP contribution in [0.15, 0.2) is 97.1 Å². The van der Waals surface area contributed by atoms with Crippen molar-refractivity contribution in [2.24, 2.45) is 0 Å². The Morgan fingerprint density at radius 3 is 2.21 bits per heavy atom. The van der Waals surface area contributed by atoms with E-state index in [9.17, 15) is 4.39 Å². The molecule has 0 bridgehead atoms. The molecule has 5 heteroatoms. The maximum absolute atomic E-state index is 14.1. The number of aromatic nitrogens is 1. The summed E-state index contributed by atoms with van der Waals surface area (Å²) in [6, 6.07) is 33.5. The molecule has 43 heavy (non-hydrogen) atoms. The van der Waals surface area contributed by atoms with Crippen LogP contribution in [0, 0.1) is 5.82 Å². The van der Waals surface area contributed by atoms with Gasteiger partial charge in [0.25, 0.3) is 0 Å². The number of hydrogen-bond donors (Lipinski definition) is 1. The fourth-order valence-electron chi connectivity index (χ4n) is 6.74. The summed E-state index contributed by atoms with van der Waals surface area (Å²) in [4.78, 5) is 8.49. The van der Waals surface area contributed by atoms with Crippen LogP contribution in [-0.2, 0) is 0 Å². The van der Waals surface area contributed by atoms with Crippen molar-refractivity contribution < 1.29 is 4.39 Å². The zero-order valence-electron chi connectivity index (χ0n) is 24.7. The first-order valence-electron chi connectivity index (χ1n) is 15.0.